The lowest BCUT2D eigenvalue weighted by atomic mass is 9.91. The average Bonchev–Trinajstić information content (AvgIpc) is 2.34. The predicted octanol–water partition coefficient (Wildman–Crippen LogP) is 0.0320. The zero-order chi connectivity index (χ0) is 18.0. The highest BCUT2D eigenvalue weighted by atomic mass is 31.2. The molecule has 0 heterocycles. The second kappa shape index (κ2) is 6.92. The van der Waals surface area contributed by atoms with Crippen molar-refractivity contribution < 1.29 is 48.5 Å². The number of hydrogen-bond donors (Lipinski definition) is 6. The van der Waals surface area contributed by atoms with Crippen molar-refractivity contribution >= 4 is 27.1 Å². The van der Waals surface area contributed by atoms with E-state index in [1.165, 1.54) is 18.2 Å². The van der Waals surface area contributed by atoms with E-state index < -0.39 is 44.4 Å². The molecule has 12 heteroatoms. The molecule has 2 unspecified atom stereocenters. The minimum absolute atomic E-state index is 0.223. The second-order valence-electron chi connectivity index (χ2n) is 4.68. The first kappa shape index (κ1) is 19.5. The quantitative estimate of drug-likeness (QED) is 0.358. The molecule has 128 valence electrons. The topological polar surface area (TPSA) is 190 Å². The molecule has 1 rings (SSSR count). The van der Waals surface area contributed by atoms with E-state index in [-0.39, 0.29) is 5.56 Å². The SMILES string of the molecule is O=C(O)C(C(c1ccccc1)C(C(=O)O)P(=O)(O)O)P(=O)(O)O. The summed E-state index contributed by atoms with van der Waals surface area (Å²) in [6, 6.07) is 6.38. The number of hydrogen-bond acceptors (Lipinski definition) is 4. The van der Waals surface area contributed by atoms with E-state index in [4.69, 9.17) is 10.2 Å². The van der Waals surface area contributed by atoms with Gasteiger partial charge < -0.3 is 29.8 Å². The Kier molecular flexibility index (Phi) is 5.87. The molecule has 6 N–H and O–H groups in total. The third-order valence-corrected chi connectivity index (χ3v) is 5.63. The van der Waals surface area contributed by atoms with E-state index in [0.717, 1.165) is 12.1 Å². The maximum atomic E-state index is 11.5. The molecule has 0 aliphatic heterocycles. The molecule has 0 saturated carbocycles. The van der Waals surface area contributed by atoms with Crippen molar-refractivity contribution in [2.45, 2.75) is 17.2 Å². The molecule has 0 radical (unpaired) electrons. The molecule has 23 heavy (non-hydrogen) atoms. The van der Waals surface area contributed by atoms with Crippen LogP contribution in [0.5, 0.6) is 0 Å². The summed E-state index contributed by atoms with van der Waals surface area (Å²) in [4.78, 5) is 59.6. The van der Waals surface area contributed by atoms with Crippen LogP contribution < -0.4 is 0 Å². The maximum absolute atomic E-state index is 11.5. The van der Waals surface area contributed by atoms with Crippen LogP contribution in [0.15, 0.2) is 30.3 Å². The van der Waals surface area contributed by atoms with E-state index >= 15 is 0 Å². The Morgan fingerprint density at radius 1 is 0.783 bits per heavy atom. The van der Waals surface area contributed by atoms with Gasteiger partial charge >= 0.3 is 27.1 Å². The van der Waals surface area contributed by atoms with Gasteiger partial charge in [-0.05, 0) is 5.56 Å². The first-order valence-corrected chi connectivity index (χ1v) is 9.34. The van der Waals surface area contributed by atoms with E-state index in [1.54, 1.807) is 0 Å². The Morgan fingerprint density at radius 2 is 1.13 bits per heavy atom. The maximum Gasteiger partial charge on any atom is 0.340 e. The zero-order valence-corrected chi connectivity index (χ0v) is 13.1. The smallest absolute Gasteiger partial charge is 0.340 e. The lowest BCUT2D eigenvalue weighted by Gasteiger charge is -2.30. The number of aliphatic carboxylic acids is 2. The molecule has 0 aliphatic carbocycles. The molecule has 0 aliphatic rings. The van der Waals surface area contributed by atoms with Crippen LogP contribution in [0.3, 0.4) is 0 Å². The number of carboxylic acid groups (broad SMARTS) is 2. The third kappa shape index (κ3) is 4.71. The zero-order valence-electron chi connectivity index (χ0n) is 11.3. The van der Waals surface area contributed by atoms with E-state index in [0.29, 0.717) is 0 Å². The Hall–Kier alpha value is -1.54. The van der Waals surface area contributed by atoms with Gasteiger partial charge in [-0.2, -0.15) is 0 Å². The summed E-state index contributed by atoms with van der Waals surface area (Å²) in [5.74, 6) is -6.26. The molecule has 0 saturated heterocycles. The molecule has 0 amide bonds. The fourth-order valence-electron chi connectivity index (χ4n) is 2.23. The normalized spacial score (nSPS) is 16.3. The summed E-state index contributed by atoms with van der Waals surface area (Å²) >= 11 is 0. The number of carboxylic acids is 2. The third-order valence-electron chi connectivity index (χ3n) is 3.10. The molecular weight excluding hydrogens is 354 g/mol. The first-order valence-electron chi connectivity index (χ1n) is 5.98. The summed E-state index contributed by atoms with van der Waals surface area (Å²) in [5.41, 5.74) is -5.48. The van der Waals surface area contributed by atoms with Crippen LogP contribution in [-0.4, -0.2) is 53.0 Å². The van der Waals surface area contributed by atoms with Crippen LogP contribution in [0.2, 0.25) is 0 Å². The predicted molar refractivity (Wildman–Crippen MR) is 76.1 cm³/mol. The summed E-state index contributed by atoms with van der Waals surface area (Å²) in [7, 11) is -10.8. The standard InChI is InChI=1S/C11H14O10P2/c12-10(13)8(22(16,17)18)7(6-4-2-1-3-5-6)9(11(14)15)23(19,20)21/h1-5,7-9H,(H,12,13)(H,14,15)(H2,16,17,18)(H2,19,20,21). The van der Waals surface area contributed by atoms with E-state index in [2.05, 4.69) is 0 Å². The Labute approximate surface area is 129 Å². The molecule has 2 atom stereocenters. The van der Waals surface area contributed by atoms with Gasteiger partial charge in [0, 0.05) is 5.92 Å². The van der Waals surface area contributed by atoms with Crippen molar-refractivity contribution in [2.24, 2.45) is 0 Å². The summed E-state index contributed by atoms with van der Waals surface area (Å²) < 4.78 is 23.0. The summed E-state index contributed by atoms with van der Waals surface area (Å²) in [6.45, 7) is 0. The molecule has 0 aromatic heterocycles. The van der Waals surface area contributed by atoms with Crippen LogP contribution >= 0.6 is 15.2 Å². The minimum Gasteiger partial charge on any atom is -0.481 e. The lowest BCUT2D eigenvalue weighted by Crippen LogP contribution is -2.39. The van der Waals surface area contributed by atoms with Crippen molar-refractivity contribution in [2.75, 3.05) is 0 Å². The number of carbonyl (C=O) groups is 2. The van der Waals surface area contributed by atoms with E-state index in [9.17, 15) is 38.3 Å². The second-order valence-corrected chi connectivity index (χ2v) is 8.15. The van der Waals surface area contributed by atoms with Gasteiger partial charge in [0.05, 0.1) is 0 Å². The molecule has 0 fully saturated rings. The van der Waals surface area contributed by atoms with Gasteiger partial charge in [-0.1, -0.05) is 30.3 Å². The Balaban J connectivity index is 3.68. The Morgan fingerprint density at radius 3 is 1.39 bits per heavy atom. The van der Waals surface area contributed by atoms with Crippen LogP contribution in [-0.2, 0) is 18.7 Å². The van der Waals surface area contributed by atoms with Gasteiger partial charge in [0.2, 0.25) is 0 Å². The highest BCUT2D eigenvalue weighted by Gasteiger charge is 2.54. The van der Waals surface area contributed by atoms with Gasteiger partial charge in [0.1, 0.15) is 0 Å². The van der Waals surface area contributed by atoms with Gasteiger partial charge in [-0.25, -0.2) is 0 Å². The highest BCUT2D eigenvalue weighted by Crippen LogP contribution is 2.56. The molecule has 10 nitrogen and oxygen atoms in total. The van der Waals surface area contributed by atoms with E-state index in [1.807, 2.05) is 0 Å². The molecule has 1 aromatic rings. The molecule has 0 bridgehead atoms. The first-order chi connectivity index (χ1) is 10.4. The number of benzene rings is 1. The molecular formula is C11H14O10P2. The summed E-state index contributed by atoms with van der Waals surface area (Å²) in [6.07, 6.45) is 0. The van der Waals surface area contributed by atoms with Gasteiger partial charge in [0.15, 0.2) is 11.3 Å². The van der Waals surface area contributed by atoms with Crippen LogP contribution in [0.1, 0.15) is 11.5 Å². The van der Waals surface area contributed by atoms with Crippen molar-refractivity contribution in [1.29, 1.82) is 0 Å². The van der Waals surface area contributed by atoms with Crippen molar-refractivity contribution in [3.8, 4) is 0 Å². The van der Waals surface area contributed by atoms with Gasteiger partial charge in [-0.3, -0.25) is 18.7 Å². The lowest BCUT2D eigenvalue weighted by molar-refractivity contribution is -0.139. The minimum atomic E-state index is -5.42. The van der Waals surface area contributed by atoms with Gasteiger partial charge in [-0.15, -0.1) is 0 Å². The van der Waals surface area contributed by atoms with Crippen molar-refractivity contribution in [3.63, 3.8) is 0 Å². The largest absolute Gasteiger partial charge is 0.481 e. The molecule has 1 aromatic carbocycles. The van der Waals surface area contributed by atoms with Crippen molar-refractivity contribution in [3.05, 3.63) is 35.9 Å². The summed E-state index contributed by atoms with van der Waals surface area (Å²) in [5, 5.41) is 18.2. The number of rotatable bonds is 7. The van der Waals surface area contributed by atoms with Crippen LogP contribution in [0.4, 0.5) is 0 Å². The fraction of sp³-hybridized carbons (Fsp3) is 0.273. The molecule has 0 spiro atoms. The van der Waals surface area contributed by atoms with Crippen LogP contribution in [0, 0.1) is 0 Å². The van der Waals surface area contributed by atoms with Crippen molar-refractivity contribution in [1.82, 2.24) is 0 Å². The van der Waals surface area contributed by atoms with Crippen LogP contribution in [0.25, 0.3) is 0 Å². The average molecular weight is 368 g/mol. The highest BCUT2D eigenvalue weighted by molar-refractivity contribution is 7.55. The Bertz CT molecular complexity index is 635. The van der Waals surface area contributed by atoms with Gasteiger partial charge in [0.25, 0.3) is 0 Å². The monoisotopic (exact) mass is 368 g/mol. The fourth-order valence-corrected chi connectivity index (χ4v) is 4.46.